The number of benzene rings is 1. The van der Waals surface area contributed by atoms with E-state index in [-0.39, 0.29) is 0 Å². The van der Waals surface area contributed by atoms with E-state index in [1.807, 2.05) is 6.92 Å². The molecule has 0 spiro atoms. The van der Waals surface area contributed by atoms with Gasteiger partial charge in [0.2, 0.25) is 0 Å². The van der Waals surface area contributed by atoms with Crippen molar-refractivity contribution in [1.82, 2.24) is 4.98 Å². The lowest BCUT2D eigenvalue weighted by Gasteiger charge is -2.11. The molecule has 0 atom stereocenters. The molecule has 4 heteroatoms. The van der Waals surface area contributed by atoms with Gasteiger partial charge in [-0.05, 0) is 25.1 Å². The number of aryl methyl sites for hydroxylation is 1. The van der Waals surface area contributed by atoms with Crippen molar-refractivity contribution in [3.8, 4) is 17.2 Å². The first-order valence-electron chi connectivity index (χ1n) is 5.22. The van der Waals surface area contributed by atoms with Gasteiger partial charge in [0.05, 0.1) is 12.8 Å². The van der Waals surface area contributed by atoms with Crippen LogP contribution in [-0.4, -0.2) is 12.1 Å². The third kappa shape index (κ3) is 2.47. The van der Waals surface area contributed by atoms with E-state index in [1.165, 1.54) is 0 Å². The van der Waals surface area contributed by atoms with Crippen LogP contribution in [0.15, 0.2) is 36.7 Å². The van der Waals surface area contributed by atoms with E-state index in [2.05, 4.69) is 4.98 Å². The summed E-state index contributed by atoms with van der Waals surface area (Å²) in [7, 11) is 1.60. The first kappa shape index (κ1) is 11.3. The van der Waals surface area contributed by atoms with E-state index in [0.29, 0.717) is 17.2 Å². The second-order valence-corrected chi connectivity index (χ2v) is 3.65. The standard InChI is InChI=1S/C13H14N2O2/c1-9-8-15-6-5-12(9)17-13-7-10(16-2)3-4-11(13)14/h3-8H,14H2,1-2H3. The first-order valence-corrected chi connectivity index (χ1v) is 5.22. The molecule has 0 amide bonds. The minimum absolute atomic E-state index is 0.571. The van der Waals surface area contributed by atoms with Gasteiger partial charge in [-0.2, -0.15) is 0 Å². The Hall–Kier alpha value is -2.23. The molecule has 0 saturated heterocycles. The van der Waals surface area contributed by atoms with Crippen LogP contribution < -0.4 is 15.2 Å². The van der Waals surface area contributed by atoms with Crippen LogP contribution in [0.2, 0.25) is 0 Å². The van der Waals surface area contributed by atoms with Crippen molar-refractivity contribution in [2.75, 3.05) is 12.8 Å². The van der Waals surface area contributed by atoms with Crippen molar-refractivity contribution < 1.29 is 9.47 Å². The molecule has 1 aromatic heterocycles. The lowest BCUT2D eigenvalue weighted by atomic mass is 10.2. The summed E-state index contributed by atoms with van der Waals surface area (Å²) in [6, 6.07) is 7.11. The highest BCUT2D eigenvalue weighted by Gasteiger charge is 2.06. The lowest BCUT2D eigenvalue weighted by molar-refractivity contribution is 0.409. The number of hydrogen-bond acceptors (Lipinski definition) is 4. The topological polar surface area (TPSA) is 57.4 Å². The second kappa shape index (κ2) is 4.74. The van der Waals surface area contributed by atoms with Gasteiger partial charge in [0.1, 0.15) is 11.5 Å². The number of nitrogens with zero attached hydrogens (tertiary/aromatic N) is 1. The number of anilines is 1. The quantitative estimate of drug-likeness (QED) is 0.824. The van der Waals surface area contributed by atoms with E-state index in [9.17, 15) is 0 Å². The molecule has 17 heavy (non-hydrogen) atoms. The molecule has 0 fully saturated rings. The second-order valence-electron chi connectivity index (χ2n) is 3.65. The van der Waals surface area contributed by atoms with Crippen molar-refractivity contribution >= 4 is 5.69 Å². The normalized spacial score (nSPS) is 10.0. The summed E-state index contributed by atoms with van der Waals surface area (Å²) in [5.41, 5.74) is 7.37. The predicted octanol–water partition coefficient (Wildman–Crippen LogP) is 2.77. The van der Waals surface area contributed by atoms with Gasteiger partial charge in [-0.3, -0.25) is 4.98 Å². The Morgan fingerprint density at radius 1 is 1.18 bits per heavy atom. The number of nitrogens with two attached hydrogens (primary N) is 1. The molecule has 2 N–H and O–H groups in total. The van der Waals surface area contributed by atoms with Crippen LogP contribution in [0.25, 0.3) is 0 Å². The fraction of sp³-hybridized carbons (Fsp3) is 0.154. The van der Waals surface area contributed by atoms with E-state index < -0.39 is 0 Å². The maximum Gasteiger partial charge on any atom is 0.154 e. The summed E-state index contributed by atoms with van der Waals surface area (Å²) in [6.07, 6.45) is 3.42. The van der Waals surface area contributed by atoms with Gasteiger partial charge in [0.25, 0.3) is 0 Å². The molecule has 0 aliphatic carbocycles. The number of methoxy groups -OCH3 is 1. The fourth-order valence-corrected chi connectivity index (χ4v) is 1.42. The van der Waals surface area contributed by atoms with E-state index in [0.717, 1.165) is 11.3 Å². The molecule has 0 aliphatic rings. The molecule has 1 aromatic carbocycles. The molecule has 0 radical (unpaired) electrons. The Balaban J connectivity index is 2.32. The molecule has 4 nitrogen and oxygen atoms in total. The van der Waals surface area contributed by atoms with Crippen molar-refractivity contribution in [1.29, 1.82) is 0 Å². The maximum absolute atomic E-state index is 5.85. The summed E-state index contributed by atoms with van der Waals surface area (Å²) in [4.78, 5) is 4.01. The molecule has 0 bridgehead atoms. The summed E-state index contributed by atoms with van der Waals surface area (Å²) in [5, 5.41) is 0. The van der Waals surface area contributed by atoms with Gasteiger partial charge in [0.15, 0.2) is 5.75 Å². The van der Waals surface area contributed by atoms with Gasteiger partial charge in [0, 0.05) is 24.0 Å². The Morgan fingerprint density at radius 2 is 2.00 bits per heavy atom. The largest absolute Gasteiger partial charge is 0.497 e. The van der Waals surface area contributed by atoms with Crippen molar-refractivity contribution in [2.24, 2.45) is 0 Å². The highest BCUT2D eigenvalue weighted by Crippen LogP contribution is 2.32. The van der Waals surface area contributed by atoms with Crippen LogP contribution in [-0.2, 0) is 0 Å². The Kier molecular flexibility index (Phi) is 3.14. The van der Waals surface area contributed by atoms with Gasteiger partial charge in [-0.25, -0.2) is 0 Å². The summed E-state index contributed by atoms with van der Waals surface area (Å²) in [5.74, 6) is 2.03. The molecule has 2 aromatic rings. The minimum Gasteiger partial charge on any atom is -0.497 e. The zero-order valence-electron chi connectivity index (χ0n) is 9.81. The molecule has 0 aliphatic heterocycles. The van der Waals surface area contributed by atoms with Crippen LogP contribution in [0.3, 0.4) is 0 Å². The molecular weight excluding hydrogens is 216 g/mol. The zero-order valence-corrected chi connectivity index (χ0v) is 9.81. The summed E-state index contributed by atoms with van der Waals surface area (Å²) in [6.45, 7) is 1.93. The van der Waals surface area contributed by atoms with E-state index >= 15 is 0 Å². The van der Waals surface area contributed by atoms with Crippen LogP contribution in [0, 0.1) is 6.92 Å². The molecular formula is C13H14N2O2. The van der Waals surface area contributed by atoms with Gasteiger partial charge >= 0.3 is 0 Å². The maximum atomic E-state index is 5.85. The van der Waals surface area contributed by atoms with Crippen LogP contribution in [0.1, 0.15) is 5.56 Å². The smallest absolute Gasteiger partial charge is 0.154 e. The third-order valence-electron chi connectivity index (χ3n) is 2.41. The van der Waals surface area contributed by atoms with Gasteiger partial charge in [-0.15, -0.1) is 0 Å². The van der Waals surface area contributed by atoms with Crippen LogP contribution in [0.5, 0.6) is 17.2 Å². The van der Waals surface area contributed by atoms with E-state index in [1.54, 1.807) is 43.8 Å². The minimum atomic E-state index is 0.571. The van der Waals surface area contributed by atoms with Crippen LogP contribution in [0.4, 0.5) is 5.69 Å². The fourth-order valence-electron chi connectivity index (χ4n) is 1.42. The lowest BCUT2D eigenvalue weighted by Crippen LogP contribution is -1.94. The third-order valence-corrected chi connectivity index (χ3v) is 2.41. The average molecular weight is 230 g/mol. The highest BCUT2D eigenvalue weighted by molar-refractivity contribution is 5.57. The number of rotatable bonds is 3. The number of nitrogen functional groups attached to an aromatic ring is 1. The Bertz CT molecular complexity index is 527. The van der Waals surface area contributed by atoms with Crippen molar-refractivity contribution in [3.63, 3.8) is 0 Å². The molecule has 88 valence electrons. The van der Waals surface area contributed by atoms with E-state index in [4.69, 9.17) is 15.2 Å². The number of ether oxygens (including phenoxy) is 2. The van der Waals surface area contributed by atoms with Gasteiger partial charge < -0.3 is 15.2 Å². The molecule has 2 rings (SSSR count). The van der Waals surface area contributed by atoms with Crippen LogP contribution >= 0.6 is 0 Å². The molecule has 1 heterocycles. The monoisotopic (exact) mass is 230 g/mol. The molecule has 0 unspecified atom stereocenters. The van der Waals surface area contributed by atoms with Crippen molar-refractivity contribution in [3.05, 3.63) is 42.2 Å². The number of aromatic nitrogens is 1. The summed E-state index contributed by atoms with van der Waals surface area (Å²) < 4.78 is 10.9. The Morgan fingerprint density at radius 3 is 2.71 bits per heavy atom. The first-order chi connectivity index (χ1) is 8.20. The highest BCUT2D eigenvalue weighted by atomic mass is 16.5. The SMILES string of the molecule is COc1ccc(N)c(Oc2ccncc2C)c1. The predicted molar refractivity (Wildman–Crippen MR) is 66.5 cm³/mol. The number of hydrogen-bond donors (Lipinski definition) is 1. The molecule has 0 saturated carbocycles. The average Bonchev–Trinajstić information content (AvgIpc) is 2.35. The summed E-state index contributed by atoms with van der Waals surface area (Å²) >= 11 is 0. The number of pyridine rings is 1. The Labute approximate surface area is 100 Å². The van der Waals surface area contributed by atoms with Crippen molar-refractivity contribution in [2.45, 2.75) is 6.92 Å². The van der Waals surface area contributed by atoms with Gasteiger partial charge in [-0.1, -0.05) is 0 Å². The zero-order chi connectivity index (χ0) is 12.3.